The van der Waals surface area contributed by atoms with Crippen molar-refractivity contribution in [1.29, 1.82) is 0 Å². The van der Waals surface area contributed by atoms with E-state index in [1.54, 1.807) is 12.3 Å². The van der Waals surface area contributed by atoms with Gasteiger partial charge in [-0.05, 0) is 12.5 Å². The van der Waals surface area contributed by atoms with Gasteiger partial charge in [-0.1, -0.05) is 30.3 Å². The molecule has 0 saturated carbocycles. The second kappa shape index (κ2) is 7.59. The van der Waals surface area contributed by atoms with Crippen LogP contribution in [0.2, 0.25) is 0 Å². The molecule has 0 aliphatic heterocycles. The first-order chi connectivity index (χ1) is 10.2. The zero-order valence-electron chi connectivity index (χ0n) is 12.6. The van der Waals surface area contributed by atoms with Crippen molar-refractivity contribution < 1.29 is 0 Å². The summed E-state index contributed by atoms with van der Waals surface area (Å²) >= 11 is 0. The SMILES string of the molecule is CCN(C)c1cnn(CCNCc2ccccc2)c(=O)c1. The van der Waals surface area contributed by atoms with Gasteiger partial charge >= 0.3 is 0 Å². The van der Waals surface area contributed by atoms with Gasteiger partial charge in [0.1, 0.15) is 0 Å². The van der Waals surface area contributed by atoms with Gasteiger partial charge in [0.2, 0.25) is 0 Å². The third kappa shape index (κ3) is 4.43. The quantitative estimate of drug-likeness (QED) is 0.784. The highest BCUT2D eigenvalue weighted by atomic mass is 16.1. The van der Waals surface area contributed by atoms with Gasteiger partial charge < -0.3 is 10.2 Å². The molecule has 0 radical (unpaired) electrons. The van der Waals surface area contributed by atoms with E-state index in [1.807, 2.05) is 37.1 Å². The molecule has 0 unspecified atom stereocenters. The van der Waals surface area contributed by atoms with Gasteiger partial charge in [0, 0.05) is 32.7 Å². The second-order valence-electron chi connectivity index (χ2n) is 4.95. The molecule has 0 saturated heterocycles. The van der Waals surface area contributed by atoms with Gasteiger partial charge in [-0.25, -0.2) is 4.68 Å². The zero-order valence-corrected chi connectivity index (χ0v) is 12.6. The largest absolute Gasteiger partial charge is 0.373 e. The van der Waals surface area contributed by atoms with Crippen LogP contribution in [-0.4, -0.2) is 29.9 Å². The predicted molar refractivity (Wildman–Crippen MR) is 85.6 cm³/mol. The number of hydrogen-bond acceptors (Lipinski definition) is 4. The minimum atomic E-state index is -0.0608. The highest BCUT2D eigenvalue weighted by molar-refractivity contribution is 5.41. The minimum absolute atomic E-state index is 0.0608. The van der Waals surface area contributed by atoms with E-state index < -0.39 is 0 Å². The highest BCUT2D eigenvalue weighted by Crippen LogP contribution is 2.05. The van der Waals surface area contributed by atoms with Crippen molar-refractivity contribution in [2.75, 3.05) is 25.0 Å². The lowest BCUT2D eigenvalue weighted by atomic mass is 10.2. The fourth-order valence-corrected chi connectivity index (χ4v) is 2.00. The summed E-state index contributed by atoms with van der Waals surface area (Å²) in [5, 5.41) is 7.53. The predicted octanol–water partition coefficient (Wildman–Crippen LogP) is 1.49. The normalized spacial score (nSPS) is 10.6. The van der Waals surface area contributed by atoms with Crippen LogP contribution in [0.3, 0.4) is 0 Å². The van der Waals surface area contributed by atoms with E-state index in [4.69, 9.17) is 0 Å². The number of nitrogens with zero attached hydrogens (tertiary/aromatic N) is 3. The molecule has 0 fully saturated rings. The van der Waals surface area contributed by atoms with Crippen molar-refractivity contribution in [3.05, 3.63) is 58.5 Å². The van der Waals surface area contributed by atoms with E-state index in [-0.39, 0.29) is 5.56 Å². The monoisotopic (exact) mass is 286 g/mol. The average molecular weight is 286 g/mol. The Morgan fingerprint density at radius 3 is 2.71 bits per heavy atom. The lowest BCUT2D eigenvalue weighted by Gasteiger charge is -2.16. The van der Waals surface area contributed by atoms with Gasteiger partial charge in [0.25, 0.3) is 5.56 Å². The van der Waals surface area contributed by atoms with Crippen LogP contribution in [0.1, 0.15) is 12.5 Å². The van der Waals surface area contributed by atoms with Crippen LogP contribution in [0.5, 0.6) is 0 Å². The molecule has 0 aliphatic rings. The van der Waals surface area contributed by atoms with Crippen LogP contribution in [0.25, 0.3) is 0 Å². The third-order valence-corrected chi connectivity index (χ3v) is 3.44. The Hall–Kier alpha value is -2.14. The van der Waals surface area contributed by atoms with Gasteiger partial charge in [-0.15, -0.1) is 0 Å². The molecule has 0 spiro atoms. The molecule has 0 aliphatic carbocycles. The smallest absolute Gasteiger partial charge is 0.268 e. The Balaban J connectivity index is 1.85. The van der Waals surface area contributed by atoms with Gasteiger partial charge in [0.05, 0.1) is 18.4 Å². The van der Waals surface area contributed by atoms with E-state index in [9.17, 15) is 4.79 Å². The molecule has 1 aromatic heterocycles. The summed E-state index contributed by atoms with van der Waals surface area (Å²) in [5.41, 5.74) is 2.03. The van der Waals surface area contributed by atoms with Crippen LogP contribution in [0.15, 0.2) is 47.4 Å². The molecule has 112 valence electrons. The zero-order chi connectivity index (χ0) is 15.1. The fourth-order valence-electron chi connectivity index (χ4n) is 2.00. The standard InChI is InChI=1S/C16H22N4O/c1-3-19(2)15-11-16(21)20(18-13-15)10-9-17-12-14-7-5-4-6-8-14/h4-8,11,13,17H,3,9-10,12H2,1-2H3. The number of nitrogens with one attached hydrogen (secondary N) is 1. The Morgan fingerprint density at radius 2 is 2.05 bits per heavy atom. The summed E-state index contributed by atoms with van der Waals surface area (Å²) < 4.78 is 1.49. The number of anilines is 1. The molecule has 21 heavy (non-hydrogen) atoms. The molecule has 1 aromatic carbocycles. The second-order valence-corrected chi connectivity index (χ2v) is 4.95. The maximum Gasteiger partial charge on any atom is 0.268 e. The highest BCUT2D eigenvalue weighted by Gasteiger charge is 2.03. The summed E-state index contributed by atoms with van der Waals surface area (Å²) in [6.45, 7) is 4.97. The van der Waals surface area contributed by atoms with E-state index in [1.165, 1.54) is 10.2 Å². The van der Waals surface area contributed by atoms with Crippen molar-refractivity contribution in [3.63, 3.8) is 0 Å². The molecule has 0 amide bonds. The van der Waals surface area contributed by atoms with Crippen LogP contribution >= 0.6 is 0 Å². The molecule has 5 heteroatoms. The topological polar surface area (TPSA) is 50.2 Å². The molecule has 0 bridgehead atoms. The van der Waals surface area contributed by atoms with Crippen molar-refractivity contribution in [2.24, 2.45) is 0 Å². The average Bonchev–Trinajstić information content (AvgIpc) is 2.53. The van der Waals surface area contributed by atoms with Crippen molar-refractivity contribution in [3.8, 4) is 0 Å². The molecule has 0 atom stereocenters. The first-order valence-corrected chi connectivity index (χ1v) is 7.23. The molecule has 5 nitrogen and oxygen atoms in total. The molecule has 1 heterocycles. The van der Waals surface area contributed by atoms with Crippen LogP contribution in [0, 0.1) is 0 Å². The minimum Gasteiger partial charge on any atom is -0.373 e. The molecule has 1 N–H and O–H groups in total. The third-order valence-electron chi connectivity index (χ3n) is 3.44. The van der Waals surface area contributed by atoms with Gasteiger partial charge in [-0.3, -0.25) is 4.79 Å². The summed E-state index contributed by atoms with van der Waals surface area (Å²) in [6.07, 6.45) is 1.74. The molecular weight excluding hydrogens is 264 g/mol. The van der Waals surface area contributed by atoms with Crippen LogP contribution < -0.4 is 15.8 Å². The van der Waals surface area contributed by atoms with E-state index in [0.29, 0.717) is 13.1 Å². The van der Waals surface area contributed by atoms with Gasteiger partial charge in [-0.2, -0.15) is 5.10 Å². The molecule has 2 rings (SSSR count). The van der Waals surface area contributed by atoms with Crippen molar-refractivity contribution >= 4 is 5.69 Å². The van der Waals surface area contributed by atoms with Gasteiger partial charge in [0.15, 0.2) is 0 Å². The molecule has 2 aromatic rings. The van der Waals surface area contributed by atoms with Crippen molar-refractivity contribution in [2.45, 2.75) is 20.0 Å². The summed E-state index contributed by atoms with van der Waals surface area (Å²) in [6, 6.07) is 11.8. The number of aromatic nitrogens is 2. The number of hydrogen-bond donors (Lipinski definition) is 1. The van der Waals surface area contributed by atoms with E-state index >= 15 is 0 Å². The maximum atomic E-state index is 12.0. The molecular formula is C16H22N4O. The Labute approximate surface area is 125 Å². The number of benzene rings is 1. The van der Waals surface area contributed by atoms with E-state index in [2.05, 4.69) is 22.5 Å². The Morgan fingerprint density at radius 1 is 1.29 bits per heavy atom. The lowest BCUT2D eigenvalue weighted by Crippen LogP contribution is -2.29. The number of rotatable bonds is 7. The maximum absolute atomic E-state index is 12.0. The van der Waals surface area contributed by atoms with Crippen LogP contribution in [-0.2, 0) is 13.1 Å². The van der Waals surface area contributed by atoms with Crippen molar-refractivity contribution in [1.82, 2.24) is 15.1 Å². The Kier molecular flexibility index (Phi) is 5.51. The Bertz CT molecular complexity index is 609. The summed E-state index contributed by atoms with van der Waals surface area (Å²) in [4.78, 5) is 14.0. The lowest BCUT2D eigenvalue weighted by molar-refractivity contribution is 0.531. The first kappa shape index (κ1) is 15.3. The summed E-state index contributed by atoms with van der Waals surface area (Å²) in [7, 11) is 1.95. The van der Waals surface area contributed by atoms with Crippen LogP contribution in [0.4, 0.5) is 5.69 Å². The first-order valence-electron chi connectivity index (χ1n) is 7.23. The fraction of sp³-hybridized carbons (Fsp3) is 0.375. The van der Waals surface area contributed by atoms with E-state index in [0.717, 1.165) is 18.8 Å². The summed E-state index contributed by atoms with van der Waals surface area (Å²) in [5.74, 6) is 0.